The summed E-state index contributed by atoms with van der Waals surface area (Å²) in [6.45, 7) is 5.66. The first kappa shape index (κ1) is 9.71. The van der Waals surface area contributed by atoms with Crippen molar-refractivity contribution in [3.8, 4) is 5.88 Å². The van der Waals surface area contributed by atoms with Crippen LogP contribution in [0.1, 0.15) is 29.9 Å². The molecule has 0 aliphatic heterocycles. The maximum absolute atomic E-state index is 10.5. The average Bonchev–Trinajstić information content (AvgIpc) is 2.03. The number of carbonyl (C=O) groups excluding carboxylic acids is 1. The first-order chi connectivity index (χ1) is 6.13. The normalized spacial score (nSPS) is 10.2. The second-order valence-corrected chi connectivity index (χ2v) is 3.11. The van der Waals surface area contributed by atoms with E-state index < -0.39 is 0 Å². The van der Waals surface area contributed by atoms with Gasteiger partial charge in [-0.25, -0.2) is 4.98 Å². The van der Waals surface area contributed by atoms with E-state index in [2.05, 4.69) is 4.98 Å². The van der Waals surface area contributed by atoms with E-state index in [1.54, 1.807) is 19.1 Å². The molecule has 0 aliphatic carbocycles. The van der Waals surface area contributed by atoms with Crippen LogP contribution in [0.5, 0.6) is 5.88 Å². The summed E-state index contributed by atoms with van der Waals surface area (Å²) < 4.78 is 5.37. The standard InChI is InChI=1S/C10H13NO2/c1-7(2)13-10-5-4-9(6-12)8(3)11-10/h4-7H,1-3H3. The molecule has 0 aromatic carbocycles. The molecule has 0 amide bonds. The Morgan fingerprint density at radius 1 is 1.46 bits per heavy atom. The molecule has 3 nitrogen and oxygen atoms in total. The lowest BCUT2D eigenvalue weighted by atomic mass is 10.2. The van der Waals surface area contributed by atoms with Gasteiger partial charge >= 0.3 is 0 Å². The Labute approximate surface area is 77.8 Å². The van der Waals surface area contributed by atoms with Crippen LogP contribution in [0.4, 0.5) is 0 Å². The molecule has 1 rings (SSSR count). The van der Waals surface area contributed by atoms with Gasteiger partial charge < -0.3 is 4.74 Å². The average molecular weight is 179 g/mol. The summed E-state index contributed by atoms with van der Waals surface area (Å²) in [4.78, 5) is 14.6. The minimum absolute atomic E-state index is 0.106. The molecular formula is C10H13NO2. The molecule has 1 aromatic rings. The summed E-state index contributed by atoms with van der Waals surface area (Å²) in [5.74, 6) is 0.568. The summed E-state index contributed by atoms with van der Waals surface area (Å²) in [6, 6.07) is 3.42. The summed E-state index contributed by atoms with van der Waals surface area (Å²) in [5, 5.41) is 0. The van der Waals surface area contributed by atoms with Gasteiger partial charge in [-0.3, -0.25) is 4.79 Å². The highest BCUT2D eigenvalue weighted by atomic mass is 16.5. The van der Waals surface area contributed by atoms with Gasteiger partial charge in [-0.1, -0.05) is 0 Å². The Hall–Kier alpha value is -1.38. The van der Waals surface area contributed by atoms with Gasteiger partial charge in [0, 0.05) is 11.6 Å². The maximum atomic E-state index is 10.5. The molecule has 3 heteroatoms. The maximum Gasteiger partial charge on any atom is 0.213 e. The van der Waals surface area contributed by atoms with Crippen molar-refractivity contribution in [1.29, 1.82) is 0 Å². The van der Waals surface area contributed by atoms with Crippen LogP contribution in [-0.4, -0.2) is 17.4 Å². The Morgan fingerprint density at radius 3 is 2.62 bits per heavy atom. The predicted molar refractivity (Wildman–Crippen MR) is 50.1 cm³/mol. The van der Waals surface area contributed by atoms with Crippen molar-refractivity contribution in [2.24, 2.45) is 0 Å². The smallest absolute Gasteiger partial charge is 0.213 e. The SMILES string of the molecule is Cc1nc(OC(C)C)ccc1C=O. The summed E-state index contributed by atoms with van der Waals surface area (Å²) in [7, 11) is 0. The number of rotatable bonds is 3. The van der Waals surface area contributed by atoms with Crippen LogP contribution in [0, 0.1) is 6.92 Å². The molecule has 0 radical (unpaired) electrons. The van der Waals surface area contributed by atoms with Crippen LogP contribution in [-0.2, 0) is 0 Å². The fraction of sp³-hybridized carbons (Fsp3) is 0.400. The third-order valence-electron chi connectivity index (χ3n) is 1.58. The number of ether oxygens (including phenoxy) is 1. The predicted octanol–water partition coefficient (Wildman–Crippen LogP) is 1.99. The lowest BCUT2D eigenvalue weighted by Crippen LogP contribution is -2.07. The summed E-state index contributed by atoms with van der Waals surface area (Å²) in [6.07, 6.45) is 0.899. The first-order valence-corrected chi connectivity index (χ1v) is 4.23. The molecule has 0 unspecified atom stereocenters. The van der Waals surface area contributed by atoms with Crippen molar-refractivity contribution in [2.45, 2.75) is 26.9 Å². The molecule has 0 saturated carbocycles. The van der Waals surface area contributed by atoms with Crippen molar-refractivity contribution >= 4 is 6.29 Å². The minimum Gasteiger partial charge on any atom is -0.475 e. The number of nitrogens with zero attached hydrogens (tertiary/aromatic N) is 1. The second-order valence-electron chi connectivity index (χ2n) is 3.11. The number of aromatic nitrogens is 1. The van der Waals surface area contributed by atoms with Crippen molar-refractivity contribution in [2.75, 3.05) is 0 Å². The zero-order chi connectivity index (χ0) is 9.84. The van der Waals surface area contributed by atoms with Crippen LogP contribution < -0.4 is 4.74 Å². The van der Waals surface area contributed by atoms with E-state index in [9.17, 15) is 4.79 Å². The first-order valence-electron chi connectivity index (χ1n) is 4.23. The van der Waals surface area contributed by atoms with Crippen molar-refractivity contribution in [1.82, 2.24) is 4.98 Å². The number of aryl methyl sites for hydroxylation is 1. The van der Waals surface area contributed by atoms with E-state index in [4.69, 9.17) is 4.74 Å². The molecule has 13 heavy (non-hydrogen) atoms. The van der Waals surface area contributed by atoms with Crippen LogP contribution in [0.15, 0.2) is 12.1 Å². The third kappa shape index (κ3) is 2.54. The zero-order valence-corrected chi connectivity index (χ0v) is 8.07. The topological polar surface area (TPSA) is 39.2 Å². The fourth-order valence-corrected chi connectivity index (χ4v) is 0.980. The molecule has 0 aliphatic rings. The Morgan fingerprint density at radius 2 is 2.15 bits per heavy atom. The molecule has 70 valence electrons. The Bertz CT molecular complexity index is 308. The van der Waals surface area contributed by atoms with E-state index in [0.29, 0.717) is 17.1 Å². The Kier molecular flexibility index (Phi) is 3.01. The van der Waals surface area contributed by atoms with E-state index in [1.807, 2.05) is 13.8 Å². The number of hydrogen-bond donors (Lipinski definition) is 0. The van der Waals surface area contributed by atoms with Gasteiger partial charge in [-0.2, -0.15) is 0 Å². The molecule has 1 aromatic heterocycles. The fourth-order valence-electron chi connectivity index (χ4n) is 0.980. The minimum atomic E-state index is 0.106. The third-order valence-corrected chi connectivity index (χ3v) is 1.58. The van der Waals surface area contributed by atoms with Gasteiger partial charge in [0.2, 0.25) is 5.88 Å². The van der Waals surface area contributed by atoms with Crippen molar-refractivity contribution < 1.29 is 9.53 Å². The molecule has 0 bridgehead atoms. The van der Waals surface area contributed by atoms with Crippen LogP contribution >= 0.6 is 0 Å². The van der Waals surface area contributed by atoms with Gasteiger partial charge in [0.15, 0.2) is 6.29 Å². The number of aldehydes is 1. The molecule has 0 N–H and O–H groups in total. The summed E-state index contributed by atoms with van der Waals surface area (Å²) >= 11 is 0. The van der Waals surface area contributed by atoms with Gasteiger partial charge in [0.25, 0.3) is 0 Å². The highest BCUT2D eigenvalue weighted by Gasteiger charge is 2.02. The molecule has 0 spiro atoms. The number of hydrogen-bond acceptors (Lipinski definition) is 3. The quantitative estimate of drug-likeness (QED) is 0.666. The highest BCUT2D eigenvalue weighted by molar-refractivity contribution is 5.76. The molecular weight excluding hydrogens is 166 g/mol. The van der Waals surface area contributed by atoms with E-state index >= 15 is 0 Å². The molecule has 0 saturated heterocycles. The summed E-state index contributed by atoms with van der Waals surface area (Å²) in [5.41, 5.74) is 1.31. The van der Waals surface area contributed by atoms with Crippen molar-refractivity contribution in [3.05, 3.63) is 23.4 Å². The number of pyridine rings is 1. The van der Waals surface area contributed by atoms with Gasteiger partial charge in [-0.05, 0) is 26.8 Å². The van der Waals surface area contributed by atoms with E-state index in [-0.39, 0.29) is 6.10 Å². The van der Waals surface area contributed by atoms with E-state index in [1.165, 1.54) is 0 Å². The van der Waals surface area contributed by atoms with Crippen molar-refractivity contribution in [3.63, 3.8) is 0 Å². The van der Waals surface area contributed by atoms with E-state index in [0.717, 1.165) is 6.29 Å². The largest absolute Gasteiger partial charge is 0.475 e. The molecule has 0 atom stereocenters. The monoisotopic (exact) mass is 179 g/mol. The van der Waals surface area contributed by atoms with Crippen LogP contribution in [0.2, 0.25) is 0 Å². The molecule has 0 fully saturated rings. The highest BCUT2D eigenvalue weighted by Crippen LogP contribution is 2.11. The lowest BCUT2D eigenvalue weighted by molar-refractivity contribution is 0.112. The van der Waals surface area contributed by atoms with Crippen LogP contribution in [0.25, 0.3) is 0 Å². The Balaban J connectivity index is 2.89. The molecule has 1 heterocycles. The van der Waals surface area contributed by atoms with Gasteiger partial charge in [0.05, 0.1) is 11.8 Å². The van der Waals surface area contributed by atoms with Gasteiger partial charge in [0.1, 0.15) is 0 Å². The lowest BCUT2D eigenvalue weighted by Gasteiger charge is -2.09. The van der Waals surface area contributed by atoms with Crippen LogP contribution in [0.3, 0.4) is 0 Å². The van der Waals surface area contributed by atoms with Gasteiger partial charge in [-0.15, -0.1) is 0 Å². The zero-order valence-electron chi connectivity index (χ0n) is 8.07. The number of carbonyl (C=O) groups is 1. The second kappa shape index (κ2) is 4.03.